The fraction of sp³-hybridized carbons (Fsp3) is 0.714. The predicted molar refractivity (Wildman–Crippen MR) is 70.4 cm³/mol. The Morgan fingerprint density at radius 3 is 2.50 bits per heavy atom. The van der Waals surface area contributed by atoms with E-state index >= 15 is 0 Å². The Labute approximate surface area is 103 Å². The van der Waals surface area contributed by atoms with Gasteiger partial charge in [-0.05, 0) is 44.2 Å². The van der Waals surface area contributed by atoms with Crippen LogP contribution in [0.3, 0.4) is 0 Å². The summed E-state index contributed by atoms with van der Waals surface area (Å²) in [5.74, 6) is 0.411. The molecular formula is C14H22OS. The molecule has 2 unspecified atom stereocenters. The molecule has 1 aliphatic carbocycles. The summed E-state index contributed by atoms with van der Waals surface area (Å²) in [6.45, 7) is 6.66. The fourth-order valence-corrected chi connectivity index (χ4v) is 4.34. The van der Waals surface area contributed by atoms with Gasteiger partial charge in [-0.15, -0.1) is 11.3 Å². The van der Waals surface area contributed by atoms with Crippen LogP contribution in [0.5, 0.6) is 0 Å². The molecule has 1 nitrogen and oxygen atoms in total. The molecule has 0 bridgehead atoms. The van der Waals surface area contributed by atoms with Crippen molar-refractivity contribution in [1.82, 2.24) is 0 Å². The lowest BCUT2D eigenvalue weighted by Crippen LogP contribution is -2.23. The molecule has 0 aliphatic heterocycles. The lowest BCUT2D eigenvalue weighted by molar-refractivity contribution is 0.106. The van der Waals surface area contributed by atoms with E-state index in [0.29, 0.717) is 5.92 Å². The highest BCUT2D eigenvalue weighted by atomic mass is 32.1. The molecule has 0 saturated heterocycles. The second-order valence-electron chi connectivity index (χ2n) is 4.92. The van der Waals surface area contributed by atoms with E-state index in [1.54, 1.807) is 0 Å². The number of aliphatic hydroxyl groups is 1. The molecule has 1 heterocycles. The first kappa shape index (κ1) is 12.1. The molecule has 0 spiro atoms. The Balaban J connectivity index is 2.37. The monoisotopic (exact) mass is 238 g/mol. The maximum absolute atomic E-state index is 10.2. The number of aryl methyl sites for hydroxylation is 2. The summed E-state index contributed by atoms with van der Waals surface area (Å²) >= 11 is 1.90. The van der Waals surface area contributed by atoms with Gasteiger partial charge in [0.15, 0.2) is 0 Å². The van der Waals surface area contributed by atoms with Gasteiger partial charge in [-0.2, -0.15) is 0 Å². The van der Waals surface area contributed by atoms with Gasteiger partial charge in [-0.25, -0.2) is 0 Å². The summed E-state index contributed by atoms with van der Waals surface area (Å²) in [4.78, 5) is 2.88. The molecule has 0 radical (unpaired) electrons. The van der Waals surface area contributed by atoms with Gasteiger partial charge < -0.3 is 5.11 Å². The van der Waals surface area contributed by atoms with Gasteiger partial charge >= 0.3 is 0 Å². The molecule has 1 aliphatic rings. The smallest absolute Gasteiger partial charge is 0.0609 e. The third kappa shape index (κ3) is 2.05. The lowest BCUT2D eigenvalue weighted by Gasteiger charge is -2.29. The van der Waals surface area contributed by atoms with E-state index in [1.165, 1.54) is 40.1 Å². The zero-order valence-electron chi connectivity index (χ0n) is 10.5. The molecule has 1 fully saturated rings. The van der Waals surface area contributed by atoms with Gasteiger partial charge in [0, 0.05) is 15.7 Å². The third-order valence-electron chi connectivity index (χ3n) is 3.89. The lowest BCUT2D eigenvalue weighted by atomic mass is 9.80. The molecule has 2 heteroatoms. The quantitative estimate of drug-likeness (QED) is 0.827. The van der Waals surface area contributed by atoms with Gasteiger partial charge in [0.25, 0.3) is 0 Å². The molecule has 1 aromatic heterocycles. The van der Waals surface area contributed by atoms with Crippen molar-refractivity contribution in [3.05, 3.63) is 20.9 Å². The first-order chi connectivity index (χ1) is 7.65. The standard InChI is InChI=1S/C14H22OS/c1-4-11-9(2)16-10(3)14(11)12-7-5-6-8-13(12)15/h12-13,15H,4-8H2,1-3H3. The second kappa shape index (κ2) is 4.89. The Kier molecular flexibility index (Phi) is 3.70. The Morgan fingerprint density at radius 2 is 1.88 bits per heavy atom. The van der Waals surface area contributed by atoms with E-state index in [2.05, 4.69) is 20.8 Å². The van der Waals surface area contributed by atoms with E-state index in [4.69, 9.17) is 0 Å². The number of hydrogen-bond donors (Lipinski definition) is 1. The average molecular weight is 238 g/mol. The molecule has 1 saturated carbocycles. The van der Waals surface area contributed by atoms with Gasteiger partial charge in [0.05, 0.1) is 6.10 Å². The molecule has 90 valence electrons. The largest absolute Gasteiger partial charge is 0.392 e. The van der Waals surface area contributed by atoms with Crippen LogP contribution in [0.25, 0.3) is 0 Å². The molecule has 0 amide bonds. The number of aliphatic hydroxyl groups excluding tert-OH is 1. The fourth-order valence-electron chi connectivity index (χ4n) is 3.12. The number of thiophene rings is 1. The van der Waals surface area contributed by atoms with Crippen molar-refractivity contribution in [3.8, 4) is 0 Å². The zero-order chi connectivity index (χ0) is 11.7. The number of rotatable bonds is 2. The predicted octanol–water partition coefficient (Wildman–Crippen LogP) is 3.95. The zero-order valence-corrected chi connectivity index (χ0v) is 11.4. The molecule has 1 aromatic rings. The summed E-state index contributed by atoms with van der Waals surface area (Å²) in [5.41, 5.74) is 2.99. The van der Waals surface area contributed by atoms with E-state index in [0.717, 1.165) is 12.8 Å². The normalized spacial score (nSPS) is 26.0. The SMILES string of the molecule is CCc1c(C)sc(C)c1C1CCCCC1O. The average Bonchev–Trinajstić information content (AvgIpc) is 2.54. The van der Waals surface area contributed by atoms with Crippen molar-refractivity contribution in [2.75, 3.05) is 0 Å². The second-order valence-corrected chi connectivity index (χ2v) is 6.35. The van der Waals surface area contributed by atoms with Crippen LogP contribution in [0.1, 0.15) is 59.4 Å². The van der Waals surface area contributed by atoms with Crippen molar-refractivity contribution >= 4 is 11.3 Å². The summed E-state index contributed by atoms with van der Waals surface area (Å²) in [6.07, 6.45) is 5.63. The molecule has 1 N–H and O–H groups in total. The topological polar surface area (TPSA) is 20.2 Å². The van der Waals surface area contributed by atoms with Gasteiger partial charge in [-0.3, -0.25) is 0 Å². The van der Waals surface area contributed by atoms with Crippen LogP contribution in [-0.2, 0) is 6.42 Å². The van der Waals surface area contributed by atoms with Gasteiger partial charge in [-0.1, -0.05) is 19.8 Å². The van der Waals surface area contributed by atoms with Crippen LogP contribution < -0.4 is 0 Å². The van der Waals surface area contributed by atoms with Crippen molar-refractivity contribution < 1.29 is 5.11 Å². The maximum atomic E-state index is 10.2. The first-order valence-corrected chi connectivity index (χ1v) is 7.23. The third-order valence-corrected chi connectivity index (χ3v) is 4.97. The van der Waals surface area contributed by atoms with Crippen LogP contribution in [-0.4, -0.2) is 11.2 Å². The molecule has 16 heavy (non-hydrogen) atoms. The van der Waals surface area contributed by atoms with E-state index in [1.807, 2.05) is 11.3 Å². The molecule has 2 rings (SSSR count). The van der Waals surface area contributed by atoms with Crippen molar-refractivity contribution in [2.24, 2.45) is 0 Å². The van der Waals surface area contributed by atoms with Crippen LogP contribution in [0, 0.1) is 13.8 Å². The molecule has 0 aromatic carbocycles. The van der Waals surface area contributed by atoms with Crippen LogP contribution in [0.4, 0.5) is 0 Å². The van der Waals surface area contributed by atoms with Crippen LogP contribution in [0.2, 0.25) is 0 Å². The van der Waals surface area contributed by atoms with E-state index < -0.39 is 0 Å². The highest BCUT2D eigenvalue weighted by Crippen LogP contribution is 2.40. The minimum atomic E-state index is -0.105. The van der Waals surface area contributed by atoms with Crippen molar-refractivity contribution in [3.63, 3.8) is 0 Å². The van der Waals surface area contributed by atoms with Crippen molar-refractivity contribution in [1.29, 1.82) is 0 Å². The Bertz CT molecular complexity index is 367. The summed E-state index contributed by atoms with van der Waals surface area (Å²) in [5, 5.41) is 10.2. The molecular weight excluding hydrogens is 216 g/mol. The highest BCUT2D eigenvalue weighted by molar-refractivity contribution is 7.12. The minimum Gasteiger partial charge on any atom is -0.392 e. The Hall–Kier alpha value is -0.340. The molecule has 2 atom stereocenters. The van der Waals surface area contributed by atoms with Gasteiger partial charge in [0.1, 0.15) is 0 Å². The van der Waals surface area contributed by atoms with Crippen molar-refractivity contribution in [2.45, 2.75) is 64.9 Å². The summed E-state index contributed by atoms with van der Waals surface area (Å²) in [7, 11) is 0. The first-order valence-electron chi connectivity index (χ1n) is 6.42. The highest BCUT2D eigenvalue weighted by Gasteiger charge is 2.29. The van der Waals surface area contributed by atoms with Crippen LogP contribution >= 0.6 is 11.3 Å². The summed E-state index contributed by atoms with van der Waals surface area (Å²) in [6, 6.07) is 0. The van der Waals surface area contributed by atoms with Gasteiger partial charge in [0.2, 0.25) is 0 Å². The van der Waals surface area contributed by atoms with Crippen LogP contribution in [0.15, 0.2) is 0 Å². The minimum absolute atomic E-state index is 0.105. The van der Waals surface area contributed by atoms with E-state index in [-0.39, 0.29) is 6.10 Å². The maximum Gasteiger partial charge on any atom is 0.0609 e. The summed E-state index contributed by atoms with van der Waals surface area (Å²) < 4.78 is 0. The Morgan fingerprint density at radius 1 is 1.19 bits per heavy atom. The van der Waals surface area contributed by atoms with E-state index in [9.17, 15) is 5.11 Å². The number of hydrogen-bond acceptors (Lipinski definition) is 2.